The molecule has 6 heteroatoms. The van der Waals surface area contributed by atoms with Crippen molar-refractivity contribution in [3.05, 3.63) is 66.2 Å². The third kappa shape index (κ3) is 9.84. The van der Waals surface area contributed by atoms with Crippen molar-refractivity contribution in [2.24, 2.45) is 5.92 Å². The Labute approximate surface area is 241 Å². The zero-order valence-electron chi connectivity index (χ0n) is 24.2. The molecule has 1 saturated carbocycles. The maximum Gasteiger partial charge on any atom is 0.410 e. The number of nitrogens with zero attached hydrogens (tertiary/aromatic N) is 3. The van der Waals surface area contributed by atoms with Gasteiger partial charge < -0.3 is 14.5 Å². The first-order valence-electron chi connectivity index (χ1n) is 15.3. The lowest BCUT2D eigenvalue weighted by atomic mass is 9.88. The molecule has 0 aromatic heterocycles. The quantitative estimate of drug-likeness (QED) is 0.239. The summed E-state index contributed by atoms with van der Waals surface area (Å²) in [5.41, 5.74) is 1.42. The third-order valence-corrected chi connectivity index (χ3v) is 9.33. The largest absolute Gasteiger partial charge is 0.449 e. The molecule has 1 aliphatic heterocycles. The molecule has 1 unspecified atom stereocenters. The molecule has 214 valence electrons. The summed E-state index contributed by atoms with van der Waals surface area (Å²) >= 11 is 1.82. The molecule has 39 heavy (non-hydrogen) atoms. The van der Waals surface area contributed by atoms with Crippen molar-refractivity contribution < 1.29 is 9.53 Å². The lowest BCUT2D eigenvalue weighted by Crippen LogP contribution is -2.49. The first kappa shape index (κ1) is 30.0. The highest BCUT2D eigenvalue weighted by Crippen LogP contribution is 2.29. The molecule has 0 radical (unpaired) electrons. The summed E-state index contributed by atoms with van der Waals surface area (Å²) in [5, 5.41) is 0. The molecular formula is C33H49N3O2S. The van der Waals surface area contributed by atoms with Crippen LogP contribution in [0.1, 0.15) is 76.2 Å². The molecule has 2 aromatic carbocycles. The minimum atomic E-state index is -0.0797. The fraction of sp³-hybridized carbons (Fsp3) is 0.606. The Hall–Kier alpha value is -2.02. The fourth-order valence-electron chi connectivity index (χ4n) is 6.18. The lowest BCUT2D eigenvalue weighted by molar-refractivity contribution is 0.0535. The fourth-order valence-corrected chi connectivity index (χ4v) is 7.08. The molecule has 0 spiro atoms. The Morgan fingerprint density at radius 2 is 1.64 bits per heavy atom. The second-order valence-electron chi connectivity index (χ2n) is 11.5. The van der Waals surface area contributed by atoms with Gasteiger partial charge in [-0.3, -0.25) is 0 Å². The number of piperidine rings is 1. The minimum absolute atomic E-state index is 0.0797. The molecule has 1 amide bonds. The monoisotopic (exact) mass is 551 g/mol. The Bertz CT molecular complexity index is 946. The van der Waals surface area contributed by atoms with Gasteiger partial charge >= 0.3 is 6.09 Å². The number of ether oxygens (including phenoxy) is 1. The number of likely N-dealkylation sites (tertiary alicyclic amines) is 1. The van der Waals surface area contributed by atoms with Crippen molar-refractivity contribution >= 4 is 18.0 Å². The number of rotatable bonds is 13. The SMILES string of the molecule is CCCOC(=O)N(CC1CCCCC1)C1CCN(CCC(CN(C)Sc2ccccc2)c2ccccc2)CC1. The van der Waals surface area contributed by atoms with Crippen LogP contribution in [0, 0.1) is 5.92 Å². The highest BCUT2D eigenvalue weighted by atomic mass is 32.2. The van der Waals surface area contributed by atoms with E-state index in [-0.39, 0.29) is 6.09 Å². The Kier molecular flexibility index (Phi) is 12.5. The Balaban J connectivity index is 1.30. The molecule has 5 nitrogen and oxygen atoms in total. The van der Waals surface area contributed by atoms with Crippen molar-refractivity contribution in [2.45, 2.75) is 81.6 Å². The Morgan fingerprint density at radius 1 is 0.974 bits per heavy atom. The van der Waals surface area contributed by atoms with Gasteiger partial charge in [0.05, 0.1) is 6.61 Å². The standard InChI is InChI=1S/C33H49N3O2S/c1-3-25-38-33(37)36(26-28-13-7-4-8-14-28)31-20-23-35(24-21-31)22-19-30(29-15-9-5-10-16-29)27-34(2)39-32-17-11-6-12-18-32/h5-6,9-12,15-18,28,30-31H,3-4,7-8,13-14,19-27H2,1-2H3. The number of hydrogen-bond acceptors (Lipinski definition) is 5. The van der Waals surface area contributed by atoms with Crippen molar-refractivity contribution in [1.82, 2.24) is 14.1 Å². The van der Waals surface area contributed by atoms with Crippen LogP contribution in [0.3, 0.4) is 0 Å². The molecule has 0 N–H and O–H groups in total. The summed E-state index contributed by atoms with van der Waals surface area (Å²) < 4.78 is 8.03. The zero-order chi connectivity index (χ0) is 27.3. The van der Waals surface area contributed by atoms with E-state index in [1.54, 1.807) is 0 Å². The van der Waals surface area contributed by atoms with E-state index in [4.69, 9.17) is 4.74 Å². The van der Waals surface area contributed by atoms with E-state index in [9.17, 15) is 4.79 Å². The molecule has 2 fully saturated rings. The second kappa shape index (κ2) is 16.3. The number of carbonyl (C=O) groups excluding carboxylic acids is 1. The summed E-state index contributed by atoms with van der Waals surface area (Å²) in [6.45, 7) is 7.70. The normalized spacial score (nSPS) is 18.2. The number of benzene rings is 2. The molecule has 1 saturated heterocycles. The lowest BCUT2D eigenvalue weighted by Gasteiger charge is -2.40. The van der Waals surface area contributed by atoms with Gasteiger partial charge in [-0.25, -0.2) is 9.10 Å². The first-order valence-corrected chi connectivity index (χ1v) is 16.0. The predicted octanol–water partition coefficient (Wildman–Crippen LogP) is 7.69. The van der Waals surface area contributed by atoms with Crippen LogP contribution in [0.4, 0.5) is 4.79 Å². The zero-order valence-corrected chi connectivity index (χ0v) is 25.0. The average molecular weight is 552 g/mol. The number of likely N-dealkylation sites (N-methyl/N-ethyl adjacent to an activating group) is 1. The van der Waals surface area contributed by atoms with E-state index in [2.05, 4.69) is 88.7 Å². The van der Waals surface area contributed by atoms with Crippen LogP contribution in [0.5, 0.6) is 0 Å². The Morgan fingerprint density at radius 3 is 2.31 bits per heavy atom. The van der Waals surface area contributed by atoms with Crippen LogP contribution < -0.4 is 0 Å². The molecule has 1 heterocycles. The van der Waals surface area contributed by atoms with Crippen LogP contribution in [0.2, 0.25) is 0 Å². The number of carbonyl (C=O) groups is 1. The molecule has 2 aliphatic rings. The van der Waals surface area contributed by atoms with Crippen LogP contribution in [-0.4, -0.2) is 72.6 Å². The third-order valence-electron chi connectivity index (χ3n) is 8.39. The van der Waals surface area contributed by atoms with E-state index < -0.39 is 0 Å². The van der Waals surface area contributed by atoms with Gasteiger partial charge in [-0.2, -0.15) is 0 Å². The summed E-state index contributed by atoms with van der Waals surface area (Å²) in [4.78, 5) is 19.1. The van der Waals surface area contributed by atoms with E-state index in [0.29, 0.717) is 24.5 Å². The number of hydrogen-bond donors (Lipinski definition) is 0. The molecule has 1 aliphatic carbocycles. The smallest absolute Gasteiger partial charge is 0.410 e. The van der Waals surface area contributed by atoms with Gasteiger partial charge in [-0.1, -0.05) is 74.7 Å². The molecule has 1 atom stereocenters. The summed E-state index contributed by atoms with van der Waals surface area (Å²) in [7, 11) is 2.21. The summed E-state index contributed by atoms with van der Waals surface area (Å²) in [6, 6.07) is 22.0. The van der Waals surface area contributed by atoms with Gasteiger partial charge in [-0.05, 0) is 93.6 Å². The molecule has 2 aromatic rings. The van der Waals surface area contributed by atoms with Crippen LogP contribution in [0.15, 0.2) is 65.6 Å². The minimum Gasteiger partial charge on any atom is -0.449 e. The maximum atomic E-state index is 13.0. The summed E-state index contributed by atoms with van der Waals surface area (Å²) in [6.07, 6.45) is 10.5. The predicted molar refractivity (Wildman–Crippen MR) is 163 cm³/mol. The number of amides is 1. The van der Waals surface area contributed by atoms with Crippen LogP contribution in [-0.2, 0) is 4.74 Å². The van der Waals surface area contributed by atoms with E-state index >= 15 is 0 Å². The molecule has 4 rings (SSSR count). The van der Waals surface area contributed by atoms with E-state index in [0.717, 1.165) is 58.4 Å². The first-order chi connectivity index (χ1) is 19.1. The van der Waals surface area contributed by atoms with Crippen LogP contribution >= 0.6 is 11.9 Å². The van der Waals surface area contributed by atoms with E-state index in [1.165, 1.54) is 42.6 Å². The van der Waals surface area contributed by atoms with E-state index in [1.807, 2.05) is 11.9 Å². The molecular weight excluding hydrogens is 502 g/mol. The van der Waals surface area contributed by atoms with Crippen molar-refractivity contribution in [3.63, 3.8) is 0 Å². The average Bonchev–Trinajstić information content (AvgIpc) is 2.98. The van der Waals surface area contributed by atoms with Crippen molar-refractivity contribution in [1.29, 1.82) is 0 Å². The van der Waals surface area contributed by atoms with Gasteiger partial charge in [0.1, 0.15) is 0 Å². The van der Waals surface area contributed by atoms with Crippen molar-refractivity contribution in [2.75, 3.05) is 46.4 Å². The topological polar surface area (TPSA) is 36.0 Å². The van der Waals surface area contributed by atoms with Gasteiger partial charge in [0, 0.05) is 37.1 Å². The maximum absolute atomic E-state index is 13.0. The van der Waals surface area contributed by atoms with Crippen LogP contribution in [0.25, 0.3) is 0 Å². The van der Waals surface area contributed by atoms with Crippen molar-refractivity contribution in [3.8, 4) is 0 Å². The highest BCUT2D eigenvalue weighted by Gasteiger charge is 2.31. The highest BCUT2D eigenvalue weighted by molar-refractivity contribution is 7.97. The second-order valence-corrected chi connectivity index (χ2v) is 12.7. The van der Waals surface area contributed by atoms with Gasteiger partial charge in [0.25, 0.3) is 0 Å². The van der Waals surface area contributed by atoms with Gasteiger partial charge in [-0.15, -0.1) is 0 Å². The summed E-state index contributed by atoms with van der Waals surface area (Å²) in [5.74, 6) is 1.13. The van der Waals surface area contributed by atoms with Gasteiger partial charge in [0.15, 0.2) is 0 Å². The molecule has 0 bridgehead atoms. The van der Waals surface area contributed by atoms with Gasteiger partial charge in [0.2, 0.25) is 0 Å².